The van der Waals surface area contributed by atoms with Crippen LogP contribution in [0.5, 0.6) is 0 Å². The van der Waals surface area contributed by atoms with Gasteiger partial charge in [0.2, 0.25) is 0 Å². The number of benzene rings is 1. The molecule has 0 atom stereocenters. The number of halogens is 1. The van der Waals surface area contributed by atoms with Crippen molar-refractivity contribution in [2.24, 2.45) is 0 Å². The van der Waals surface area contributed by atoms with Gasteiger partial charge in [-0.1, -0.05) is 30.3 Å². The number of nitrogens with zero attached hydrogens (tertiary/aromatic N) is 1. The lowest BCUT2D eigenvalue weighted by Crippen LogP contribution is -2.39. The summed E-state index contributed by atoms with van der Waals surface area (Å²) in [5, 5.41) is 3.29. The fourth-order valence-electron chi connectivity index (χ4n) is 1.98. The summed E-state index contributed by atoms with van der Waals surface area (Å²) in [6.45, 7) is 2.23. The van der Waals surface area contributed by atoms with Gasteiger partial charge >= 0.3 is 0 Å². The molecule has 3 rings (SSSR count). The molecule has 0 radical (unpaired) electrons. The third-order valence-corrected chi connectivity index (χ3v) is 3.12. The standard InChI is InChI=1S/C14H14N2.ClH/c1-2-8-16-14(3-1)12-6-4-11(5-7-12)13-9-15-10-13;/h1-8,13,15H,9-10H2;1H. The molecule has 0 unspecified atom stereocenters. The van der Waals surface area contributed by atoms with Crippen LogP contribution in [0.1, 0.15) is 11.5 Å². The summed E-state index contributed by atoms with van der Waals surface area (Å²) in [5.41, 5.74) is 3.66. The van der Waals surface area contributed by atoms with Crippen LogP contribution in [0.25, 0.3) is 11.3 Å². The zero-order valence-electron chi connectivity index (χ0n) is 9.47. The van der Waals surface area contributed by atoms with Gasteiger partial charge < -0.3 is 5.32 Å². The summed E-state index contributed by atoms with van der Waals surface area (Å²) in [6, 6.07) is 14.8. The smallest absolute Gasteiger partial charge is 0.0701 e. The molecule has 1 aromatic carbocycles. The zero-order valence-corrected chi connectivity index (χ0v) is 10.3. The van der Waals surface area contributed by atoms with Gasteiger partial charge in [-0.15, -0.1) is 12.4 Å². The first-order valence-electron chi connectivity index (χ1n) is 5.65. The zero-order chi connectivity index (χ0) is 10.8. The molecule has 0 bridgehead atoms. The quantitative estimate of drug-likeness (QED) is 0.882. The molecule has 2 nitrogen and oxygen atoms in total. The van der Waals surface area contributed by atoms with E-state index < -0.39 is 0 Å². The minimum atomic E-state index is 0. The summed E-state index contributed by atoms with van der Waals surface area (Å²) in [6.07, 6.45) is 1.83. The van der Waals surface area contributed by atoms with E-state index in [9.17, 15) is 0 Å². The Labute approximate surface area is 108 Å². The second kappa shape index (κ2) is 5.30. The van der Waals surface area contributed by atoms with E-state index in [1.165, 1.54) is 11.1 Å². The molecule has 1 aliphatic rings. The van der Waals surface area contributed by atoms with Gasteiger partial charge in [0.25, 0.3) is 0 Å². The molecule has 88 valence electrons. The summed E-state index contributed by atoms with van der Waals surface area (Å²) in [5.74, 6) is 0.706. The molecular formula is C14H15ClN2. The Balaban J connectivity index is 0.00000108. The number of rotatable bonds is 2. The van der Waals surface area contributed by atoms with E-state index in [-0.39, 0.29) is 12.4 Å². The largest absolute Gasteiger partial charge is 0.315 e. The highest BCUT2D eigenvalue weighted by atomic mass is 35.5. The van der Waals surface area contributed by atoms with Crippen molar-refractivity contribution in [1.29, 1.82) is 0 Å². The first-order valence-corrected chi connectivity index (χ1v) is 5.65. The third-order valence-electron chi connectivity index (χ3n) is 3.12. The monoisotopic (exact) mass is 246 g/mol. The van der Waals surface area contributed by atoms with Gasteiger partial charge in [0.05, 0.1) is 5.69 Å². The minimum absolute atomic E-state index is 0. The number of pyridine rings is 1. The average Bonchev–Trinajstić information content (AvgIpc) is 2.29. The van der Waals surface area contributed by atoms with Gasteiger partial charge in [-0.2, -0.15) is 0 Å². The van der Waals surface area contributed by atoms with Crippen LogP contribution in [0, 0.1) is 0 Å². The topological polar surface area (TPSA) is 24.9 Å². The van der Waals surface area contributed by atoms with E-state index in [1.807, 2.05) is 24.4 Å². The van der Waals surface area contributed by atoms with Crippen molar-refractivity contribution in [3.63, 3.8) is 0 Å². The maximum atomic E-state index is 4.35. The fourth-order valence-corrected chi connectivity index (χ4v) is 1.98. The first kappa shape index (κ1) is 12.1. The van der Waals surface area contributed by atoms with Crippen LogP contribution < -0.4 is 5.32 Å². The Kier molecular flexibility index (Phi) is 3.77. The number of nitrogens with one attached hydrogen (secondary N) is 1. The molecule has 1 fully saturated rings. The van der Waals surface area contributed by atoms with Crippen LogP contribution in [0.15, 0.2) is 48.7 Å². The number of aromatic nitrogens is 1. The summed E-state index contributed by atoms with van der Waals surface area (Å²) in [7, 11) is 0. The van der Waals surface area contributed by atoms with E-state index in [0.717, 1.165) is 18.8 Å². The van der Waals surface area contributed by atoms with Gasteiger partial charge in [0.1, 0.15) is 0 Å². The Bertz CT molecular complexity index is 463. The summed E-state index contributed by atoms with van der Waals surface area (Å²) < 4.78 is 0. The predicted molar refractivity (Wildman–Crippen MR) is 72.5 cm³/mol. The summed E-state index contributed by atoms with van der Waals surface area (Å²) in [4.78, 5) is 4.35. The molecule has 17 heavy (non-hydrogen) atoms. The second-order valence-corrected chi connectivity index (χ2v) is 4.19. The highest BCUT2D eigenvalue weighted by Crippen LogP contribution is 2.23. The van der Waals surface area contributed by atoms with E-state index in [1.54, 1.807) is 0 Å². The van der Waals surface area contributed by atoms with Crippen molar-refractivity contribution in [1.82, 2.24) is 10.3 Å². The fraction of sp³-hybridized carbons (Fsp3) is 0.214. The van der Waals surface area contributed by atoms with Crippen LogP contribution in [-0.2, 0) is 0 Å². The molecule has 2 aromatic rings. The molecule has 1 aliphatic heterocycles. The van der Waals surface area contributed by atoms with Crippen molar-refractivity contribution in [2.45, 2.75) is 5.92 Å². The Morgan fingerprint density at radius 1 is 1.00 bits per heavy atom. The molecule has 1 N–H and O–H groups in total. The van der Waals surface area contributed by atoms with Crippen LogP contribution >= 0.6 is 12.4 Å². The van der Waals surface area contributed by atoms with Crippen molar-refractivity contribution in [3.8, 4) is 11.3 Å². The van der Waals surface area contributed by atoms with Crippen molar-refractivity contribution in [3.05, 3.63) is 54.2 Å². The molecule has 3 heteroatoms. The third kappa shape index (κ3) is 2.48. The Morgan fingerprint density at radius 2 is 1.76 bits per heavy atom. The molecule has 1 aromatic heterocycles. The van der Waals surface area contributed by atoms with E-state index in [0.29, 0.717) is 5.92 Å². The normalized spacial score (nSPS) is 14.8. The highest BCUT2D eigenvalue weighted by molar-refractivity contribution is 5.85. The lowest BCUT2D eigenvalue weighted by molar-refractivity contribution is 0.448. The van der Waals surface area contributed by atoms with Gasteiger partial charge in [-0.25, -0.2) is 0 Å². The van der Waals surface area contributed by atoms with Crippen LogP contribution in [0.2, 0.25) is 0 Å². The molecule has 0 saturated carbocycles. The lowest BCUT2D eigenvalue weighted by atomic mass is 9.93. The average molecular weight is 247 g/mol. The Hall–Kier alpha value is -1.38. The molecule has 0 amide bonds. The van der Waals surface area contributed by atoms with Crippen LogP contribution in [0.3, 0.4) is 0 Å². The highest BCUT2D eigenvalue weighted by Gasteiger charge is 2.18. The van der Waals surface area contributed by atoms with Gasteiger partial charge in [0.15, 0.2) is 0 Å². The molecular weight excluding hydrogens is 232 g/mol. The molecule has 0 aliphatic carbocycles. The first-order chi connectivity index (χ1) is 7.93. The van der Waals surface area contributed by atoms with Gasteiger partial charge in [-0.3, -0.25) is 4.98 Å². The molecule has 1 saturated heterocycles. The van der Waals surface area contributed by atoms with Gasteiger partial charge in [-0.05, 0) is 17.7 Å². The number of hydrogen-bond acceptors (Lipinski definition) is 2. The SMILES string of the molecule is Cl.c1ccc(-c2ccc(C3CNC3)cc2)nc1. The van der Waals surface area contributed by atoms with E-state index >= 15 is 0 Å². The van der Waals surface area contributed by atoms with Crippen LogP contribution in [-0.4, -0.2) is 18.1 Å². The van der Waals surface area contributed by atoms with Crippen molar-refractivity contribution < 1.29 is 0 Å². The molecule has 2 heterocycles. The maximum absolute atomic E-state index is 4.35. The van der Waals surface area contributed by atoms with Crippen LogP contribution in [0.4, 0.5) is 0 Å². The van der Waals surface area contributed by atoms with Crippen molar-refractivity contribution in [2.75, 3.05) is 13.1 Å². The predicted octanol–water partition coefficient (Wildman–Crippen LogP) is 2.86. The molecule has 0 spiro atoms. The Morgan fingerprint density at radius 3 is 2.29 bits per heavy atom. The van der Waals surface area contributed by atoms with Crippen molar-refractivity contribution >= 4 is 12.4 Å². The van der Waals surface area contributed by atoms with E-state index in [2.05, 4.69) is 34.6 Å². The maximum Gasteiger partial charge on any atom is 0.0701 e. The van der Waals surface area contributed by atoms with Gasteiger partial charge in [0, 0.05) is 30.8 Å². The second-order valence-electron chi connectivity index (χ2n) is 4.19. The minimum Gasteiger partial charge on any atom is -0.315 e. The number of hydrogen-bond donors (Lipinski definition) is 1. The summed E-state index contributed by atoms with van der Waals surface area (Å²) >= 11 is 0. The van der Waals surface area contributed by atoms with E-state index in [4.69, 9.17) is 0 Å². The lowest BCUT2D eigenvalue weighted by Gasteiger charge is -2.27.